The van der Waals surface area contributed by atoms with E-state index < -0.39 is 0 Å². The third kappa shape index (κ3) is 4.83. The number of nitrogens with one attached hydrogen (secondary N) is 1. The Morgan fingerprint density at radius 1 is 1.60 bits per heavy atom. The van der Waals surface area contributed by atoms with E-state index in [2.05, 4.69) is 15.5 Å². The topological polar surface area (TPSA) is 80.9 Å². The van der Waals surface area contributed by atoms with Crippen molar-refractivity contribution >= 4 is 45.9 Å². The van der Waals surface area contributed by atoms with Crippen molar-refractivity contribution < 1.29 is 4.79 Å². The molecule has 1 aromatic heterocycles. The molecule has 0 radical (unpaired) electrons. The normalized spacial score (nSPS) is 10.3. The van der Waals surface area contributed by atoms with E-state index in [4.69, 9.17) is 5.73 Å². The van der Waals surface area contributed by atoms with Crippen molar-refractivity contribution in [3.05, 3.63) is 0 Å². The van der Waals surface area contributed by atoms with E-state index in [1.165, 1.54) is 34.9 Å². The van der Waals surface area contributed by atoms with Gasteiger partial charge in [-0.3, -0.25) is 10.1 Å². The van der Waals surface area contributed by atoms with Crippen molar-refractivity contribution in [2.75, 3.05) is 29.6 Å². The fourth-order valence-electron chi connectivity index (χ4n) is 0.746. The van der Waals surface area contributed by atoms with Crippen LogP contribution in [0.4, 0.5) is 5.13 Å². The Balaban J connectivity index is 2.31. The molecule has 1 amide bonds. The Morgan fingerprint density at radius 3 is 3.00 bits per heavy atom. The summed E-state index contributed by atoms with van der Waals surface area (Å²) in [5, 5.41) is 11.0. The van der Waals surface area contributed by atoms with Crippen LogP contribution in [0.5, 0.6) is 0 Å². The van der Waals surface area contributed by atoms with Crippen LogP contribution in [0.1, 0.15) is 0 Å². The maximum Gasteiger partial charge on any atom is 0.236 e. The van der Waals surface area contributed by atoms with Gasteiger partial charge in [0.05, 0.1) is 5.75 Å². The van der Waals surface area contributed by atoms with Crippen LogP contribution >= 0.6 is 34.9 Å². The van der Waals surface area contributed by atoms with Crippen molar-refractivity contribution in [3.63, 3.8) is 0 Å². The van der Waals surface area contributed by atoms with Crippen LogP contribution in [-0.2, 0) is 4.79 Å². The summed E-state index contributed by atoms with van der Waals surface area (Å²) in [6, 6.07) is 0. The molecule has 0 fully saturated rings. The number of hydrogen-bond acceptors (Lipinski definition) is 7. The summed E-state index contributed by atoms with van der Waals surface area (Å²) >= 11 is 4.39. The quantitative estimate of drug-likeness (QED) is 0.451. The fraction of sp³-hybridized carbons (Fsp3) is 0.571. The molecule has 0 aliphatic heterocycles. The van der Waals surface area contributed by atoms with Crippen molar-refractivity contribution in [1.29, 1.82) is 0 Å². The molecule has 1 rings (SSSR count). The van der Waals surface area contributed by atoms with Crippen molar-refractivity contribution in [2.45, 2.75) is 4.34 Å². The van der Waals surface area contributed by atoms with E-state index >= 15 is 0 Å². The molecule has 0 aliphatic carbocycles. The molecule has 8 heteroatoms. The number of rotatable bonds is 6. The van der Waals surface area contributed by atoms with E-state index in [0.717, 1.165) is 10.1 Å². The number of aromatic nitrogens is 2. The first-order chi connectivity index (χ1) is 7.26. The van der Waals surface area contributed by atoms with Gasteiger partial charge in [0.1, 0.15) is 0 Å². The third-order valence-electron chi connectivity index (χ3n) is 1.32. The number of nitrogens with zero attached hydrogens (tertiary/aromatic N) is 2. The molecule has 15 heavy (non-hydrogen) atoms. The molecular formula is C7H12N4OS3. The Labute approximate surface area is 101 Å². The van der Waals surface area contributed by atoms with Crippen LogP contribution in [0.2, 0.25) is 0 Å². The van der Waals surface area contributed by atoms with Gasteiger partial charge in [-0.25, -0.2) is 0 Å². The van der Waals surface area contributed by atoms with Crippen LogP contribution < -0.4 is 11.1 Å². The maximum absolute atomic E-state index is 11.3. The molecule has 0 atom stereocenters. The van der Waals surface area contributed by atoms with Gasteiger partial charge in [0, 0.05) is 12.3 Å². The zero-order valence-electron chi connectivity index (χ0n) is 8.23. The third-order valence-corrected chi connectivity index (χ3v) is 4.13. The number of amides is 1. The molecule has 5 nitrogen and oxygen atoms in total. The highest BCUT2D eigenvalue weighted by atomic mass is 32.2. The van der Waals surface area contributed by atoms with E-state index in [0.29, 0.717) is 17.4 Å². The van der Waals surface area contributed by atoms with Crippen LogP contribution in [0, 0.1) is 0 Å². The van der Waals surface area contributed by atoms with Crippen molar-refractivity contribution in [2.24, 2.45) is 5.73 Å². The molecule has 0 unspecified atom stereocenters. The molecule has 1 heterocycles. The molecule has 3 N–H and O–H groups in total. The number of nitrogens with two attached hydrogens (primary N) is 1. The Hall–Kier alpha value is -0.310. The highest BCUT2D eigenvalue weighted by Gasteiger charge is 2.07. The average Bonchev–Trinajstić information content (AvgIpc) is 2.66. The second kappa shape index (κ2) is 7.04. The summed E-state index contributed by atoms with van der Waals surface area (Å²) < 4.78 is 0.847. The smallest absolute Gasteiger partial charge is 0.236 e. The van der Waals surface area contributed by atoms with Gasteiger partial charge < -0.3 is 5.73 Å². The minimum atomic E-state index is -0.0581. The summed E-state index contributed by atoms with van der Waals surface area (Å²) in [7, 11) is 0. The predicted molar refractivity (Wildman–Crippen MR) is 66.7 cm³/mol. The van der Waals surface area contributed by atoms with Crippen LogP contribution in [0.25, 0.3) is 0 Å². The lowest BCUT2D eigenvalue weighted by Crippen LogP contribution is -2.15. The first-order valence-electron chi connectivity index (χ1n) is 4.21. The molecule has 0 bridgehead atoms. The van der Waals surface area contributed by atoms with Gasteiger partial charge in [0.2, 0.25) is 11.0 Å². The lowest BCUT2D eigenvalue weighted by Gasteiger charge is -1.99. The highest BCUT2D eigenvalue weighted by Crippen LogP contribution is 2.22. The Bertz CT molecular complexity index is 317. The minimum Gasteiger partial charge on any atom is -0.330 e. The van der Waals surface area contributed by atoms with E-state index in [-0.39, 0.29) is 5.91 Å². The summed E-state index contributed by atoms with van der Waals surface area (Å²) in [5.74, 6) is 1.14. The molecule has 84 valence electrons. The average molecular weight is 264 g/mol. The molecule has 1 aromatic rings. The van der Waals surface area contributed by atoms with Gasteiger partial charge >= 0.3 is 0 Å². The lowest BCUT2D eigenvalue weighted by molar-refractivity contribution is -0.113. The highest BCUT2D eigenvalue weighted by molar-refractivity contribution is 8.00. The first-order valence-corrected chi connectivity index (χ1v) is 7.41. The lowest BCUT2D eigenvalue weighted by atomic mass is 10.7. The molecular weight excluding hydrogens is 252 g/mol. The number of carbonyl (C=O) groups excluding carboxylic acids is 1. The summed E-state index contributed by atoms with van der Waals surface area (Å²) in [4.78, 5) is 11.3. The molecule has 0 saturated carbocycles. The number of thioether (sulfide) groups is 2. The zero-order chi connectivity index (χ0) is 11.1. The van der Waals surface area contributed by atoms with E-state index in [1.54, 1.807) is 0 Å². The number of carbonyl (C=O) groups is 1. The summed E-state index contributed by atoms with van der Waals surface area (Å²) in [6.07, 6.45) is 1.92. The monoisotopic (exact) mass is 264 g/mol. The van der Waals surface area contributed by atoms with Gasteiger partial charge in [-0.1, -0.05) is 23.1 Å². The first kappa shape index (κ1) is 12.8. The van der Waals surface area contributed by atoms with Gasteiger partial charge in [0.25, 0.3) is 0 Å². The Morgan fingerprint density at radius 2 is 2.40 bits per heavy atom. The van der Waals surface area contributed by atoms with Gasteiger partial charge in [-0.05, 0) is 6.26 Å². The number of anilines is 1. The molecule has 0 aromatic carbocycles. The molecule has 0 aliphatic rings. The number of hydrogen-bond donors (Lipinski definition) is 2. The predicted octanol–water partition coefficient (Wildman–Crippen LogP) is 0.890. The van der Waals surface area contributed by atoms with Crippen LogP contribution in [-0.4, -0.2) is 40.4 Å². The van der Waals surface area contributed by atoms with Crippen molar-refractivity contribution in [1.82, 2.24) is 10.2 Å². The zero-order valence-corrected chi connectivity index (χ0v) is 10.7. The summed E-state index contributed by atoms with van der Waals surface area (Å²) in [5.41, 5.74) is 5.31. The Kier molecular flexibility index (Phi) is 5.99. The maximum atomic E-state index is 11.3. The molecule has 0 spiro atoms. The standard InChI is InChI=1S/C7H12N4OS3/c1-13-7-11-10-6(15-7)9-5(12)4-14-3-2-8/h2-4,8H2,1H3,(H,9,10,12). The summed E-state index contributed by atoms with van der Waals surface area (Å²) in [6.45, 7) is 0.591. The van der Waals surface area contributed by atoms with E-state index in [1.807, 2.05) is 6.26 Å². The van der Waals surface area contributed by atoms with Crippen LogP contribution in [0.3, 0.4) is 0 Å². The fourth-order valence-corrected chi connectivity index (χ4v) is 2.50. The molecule has 0 saturated heterocycles. The van der Waals surface area contributed by atoms with Crippen molar-refractivity contribution in [3.8, 4) is 0 Å². The van der Waals surface area contributed by atoms with Crippen LogP contribution in [0.15, 0.2) is 4.34 Å². The minimum absolute atomic E-state index is 0.0581. The second-order valence-electron chi connectivity index (χ2n) is 2.47. The van der Waals surface area contributed by atoms with E-state index in [9.17, 15) is 4.79 Å². The van der Waals surface area contributed by atoms with Gasteiger partial charge in [-0.2, -0.15) is 11.8 Å². The SMILES string of the molecule is CSc1nnc(NC(=O)CSCCN)s1. The second-order valence-corrected chi connectivity index (χ2v) is 5.60. The van der Waals surface area contributed by atoms with Gasteiger partial charge in [0.15, 0.2) is 4.34 Å². The largest absolute Gasteiger partial charge is 0.330 e. The van der Waals surface area contributed by atoms with Gasteiger partial charge in [-0.15, -0.1) is 10.2 Å².